The predicted octanol–water partition coefficient (Wildman–Crippen LogP) is 2.74. The molecule has 0 saturated heterocycles. The number of thioether (sulfide) groups is 1. The third-order valence-corrected chi connectivity index (χ3v) is 4.72. The van der Waals surface area contributed by atoms with Crippen LogP contribution in [0, 0.1) is 0 Å². The Hall–Kier alpha value is -2.25. The summed E-state index contributed by atoms with van der Waals surface area (Å²) in [4.78, 5) is 29.5. The number of amides is 2. The number of aromatic nitrogens is 1. The van der Waals surface area contributed by atoms with Gasteiger partial charge < -0.3 is 15.4 Å². The van der Waals surface area contributed by atoms with Gasteiger partial charge in [-0.25, -0.2) is 4.98 Å². The lowest BCUT2D eigenvalue weighted by atomic mass is 10.2. The van der Waals surface area contributed by atoms with Crippen molar-refractivity contribution in [3.63, 3.8) is 0 Å². The van der Waals surface area contributed by atoms with Crippen molar-refractivity contribution >= 4 is 40.9 Å². The van der Waals surface area contributed by atoms with Crippen molar-refractivity contribution in [3.8, 4) is 5.75 Å². The number of methoxy groups -OCH3 is 1. The van der Waals surface area contributed by atoms with Crippen LogP contribution in [0.5, 0.6) is 5.75 Å². The number of benzene rings is 1. The lowest BCUT2D eigenvalue weighted by molar-refractivity contribution is -0.118. The zero-order valence-electron chi connectivity index (χ0n) is 13.6. The Morgan fingerprint density at radius 3 is 2.72 bits per heavy atom. The standard InChI is InChI=1S/C17H18ClN3O3S/c1-24-14-7-3-2-6-13(14)21(10-8-15(19)22)16(23)11-25-17-12(18)5-4-9-20-17/h2-7,9H,8,10-11H2,1H3,(H2,19,22). The first-order valence-electron chi connectivity index (χ1n) is 7.48. The third kappa shape index (κ3) is 5.37. The van der Waals surface area contributed by atoms with Gasteiger partial charge in [0.2, 0.25) is 11.8 Å². The van der Waals surface area contributed by atoms with Gasteiger partial charge in [-0.05, 0) is 24.3 Å². The number of carbonyl (C=O) groups excluding carboxylic acids is 2. The van der Waals surface area contributed by atoms with Gasteiger partial charge in [-0.15, -0.1) is 0 Å². The molecule has 0 saturated carbocycles. The molecule has 0 fully saturated rings. The normalized spacial score (nSPS) is 10.3. The summed E-state index contributed by atoms with van der Waals surface area (Å²) < 4.78 is 5.31. The van der Waals surface area contributed by atoms with E-state index in [2.05, 4.69) is 4.98 Å². The quantitative estimate of drug-likeness (QED) is 0.713. The van der Waals surface area contributed by atoms with Crippen LogP contribution in [0.1, 0.15) is 6.42 Å². The SMILES string of the molecule is COc1ccccc1N(CCC(N)=O)C(=O)CSc1ncccc1Cl. The van der Waals surface area contributed by atoms with Gasteiger partial charge in [0.05, 0.1) is 23.6 Å². The first kappa shape index (κ1) is 19.1. The number of rotatable bonds is 8. The highest BCUT2D eigenvalue weighted by molar-refractivity contribution is 8.00. The zero-order valence-corrected chi connectivity index (χ0v) is 15.2. The molecule has 0 spiro atoms. The summed E-state index contributed by atoms with van der Waals surface area (Å²) in [5.41, 5.74) is 5.82. The Kier molecular flexibility index (Phi) is 7.09. The highest BCUT2D eigenvalue weighted by atomic mass is 35.5. The molecule has 0 aliphatic rings. The van der Waals surface area contributed by atoms with Gasteiger partial charge in [0.25, 0.3) is 0 Å². The Bertz CT molecular complexity index is 757. The van der Waals surface area contributed by atoms with Crippen LogP contribution in [0.3, 0.4) is 0 Å². The number of ether oxygens (including phenoxy) is 1. The van der Waals surface area contributed by atoms with Gasteiger partial charge in [-0.1, -0.05) is 35.5 Å². The van der Waals surface area contributed by atoms with E-state index >= 15 is 0 Å². The van der Waals surface area contributed by atoms with E-state index in [9.17, 15) is 9.59 Å². The van der Waals surface area contributed by atoms with E-state index in [4.69, 9.17) is 22.1 Å². The number of hydrogen-bond acceptors (Lipinski definition) is 5. The number of anilines is 1. The van der Waals surface area contributed by atoms with Crippen LogP contribution >= 0.6 is 23.4 Å². The second kappa shape index (κ2) is 9.29. The molecule has 1 aromatic heterocycles. The van der Waals surface area contributed by atoms with Gasteiger partial charge in [0, 0.05) is 19.2 Å². The number of nitrogens with two attached hydrogens (primary N) is 1. The van der Waals surface area contributed by atoms with Gasteiger partial charge >= 0.3 is 0 Å². The Labute approximate surface area is 155 Å². The second-order valence-corrected chi connectivity index (χ2v) is 6.38. The van der Waals surface area contributed by atoms with Gasteiger partial charge in [0.1, 0.15) is 10.8 Å². The van der Waals surface area contributed by atoms with Crippen LogP contribution in [-0.2, 0) is 9.59 Å². The number of carbonyl (C=O) groups is 2. The molecule has 0 bridgehead atoms. The molecule has 1 heterocycles. The summed E-state index contributed by atoms with van der Waals surface area (Å²) in [6, 6.07) is 10.6. The van der Waals surface area contributed by atoms with Crippen molar-refractivity contribution in [2.45, 2.75) is 11.4 Å². The van der Waals surface area contributed by atoms with Crippen LogP contribution in [0.2, 0.25) is 5.02 Å². The van der Waals surface area contributed by atoms with E-state index in [0.29, 0.717) is 21.5 Å². The van der Waals surface area contributed by atoms with E-state index in [1.54, 1.807) is 36.5 Å². The van der Waals surface area contributed by atoms with E-state index in [1.165, 1.54) is 23.8 Å². The van der Waals surface area contributed by atoms with Crippen molar-refractivity contribution in [2.24, 2.45) is 5.73 Å². The first-order chi connectivity index (χ1) is 12.0. The molecule has 0 atom stereocenters. The van der Waals surface area contributed by atoms with E-state index in [0.717, 1.165) is 0 Å². The maximum atomic E-state index is 12.7. The van der Waals surface area contributed by atoms with Gasteiger partial charge in [-0.2, -0.15) is 0 Å². The second-order valence-electron chi connectivity index (χ2n) is 5.01. The summed E-state index contributed by atoms with van der Waals surface area (Å²) in [6.45, 7) is 0.172. The smallest absolute Gasteiger partial charge is 0.237 e. The number of primary amides is 1. The largest absolute Gasteiger partial charge is 0.495 e. The van der Waals surface area contributed by atoms with Crippen molar-refractivity contribution in [1.29, 1.82) is 0 Å². The highest BCUT2D eigenvalue weighted by Gasteiger charge is 2.20. The molecule has 2 rings (SSSR count). The fourth-order valence-electron chi connectivity index (χ4n) is 2.14. The van der Waals surface area contributed by atoms with Crippen LogP contribution < -0.4 is 15.4 Å². The molecule has 0 aliphatic carbocycles. The summed E-state index contributed by atoms with van der Waals surface area (Å²) in [7, 11) is 1.53. The van der Waals surface area contributed by atoms with Gasteiger partial charge in [-0.3, -0.25) is 9.59 Å². The maximum Gasteiger partial charge on any atom is 0.237 e. The fraction of sp³-hybridized carbons (Fsp3) is 0.235. The fourth-order valence-corrected chi connectivity index (χ4v) is 3.18. The Morgan fingerprint density at radius 2 is 2.04 bits per heavy atom. The molecule has 8 heteroatoms. The molecule has 6 nitrogen and oxygen atoms in total. The summed E-state index contributed by atoms with van der Waals surface area (Å²) in [5, 5.41) is 1.06. The van der Waals surface area contributed by atoms with E-state index in [-0.39, 0.29) is 24.6 Å². The minimum atomic E-state index is -0.479. The summed E-state index contributed by atoms with van der Waals surface area (Å²) in [5.74, 6) is -0.0140. The molecule has 1 aromatic carbocycles. The third-order valence-electron chi connectivity index (χ3n) is 3.32. The lowest BCUT2D eigenvalue weighted by Crippen LogP contribution is -2.35. The number of halogens is 1. The van der Waals surface area contributed by atoms with Crippen LogP contribution in [0.4, 0.5) is 5.69 Å². The Morgan fingerprint density at radius 1 is 1.28 bits per heavy atom. The number of nitrogens with zero attached hydrogens (tertiary/aromatic N) is 2. The Balaban J connectivity index is 2.18. The minimum absolute atomic E-state index is 0.0544. The summed E-state index contributed by atoms with van der Waals surface area (Å²) in [6.07, 6.45) is 1.67. The topological polar surface area (TPSA) is 85.5 Å². The molecule has 0 unspecified atom stereocenters. The highest BCUT2D eigenvalue weighted by Crippen LogP contribution is 2.30. The molecule has 132 valence electrons. The number of pyridine rings is 1. The van der Waals surface area contributed by atoms with Crippen LogP contribution in [0.15, 0.2) is 47.6 Å². The monoisotopic (exact) mass is 379 g/mol. The number of para-hydroxylation sites is 2. The molecule has 0 radical (unpaired) electrons. The molecule has 2 N–H and O–H groups in total. The zero-order chi connectivity index (χ0) is 18.2. The molecule has 2 amide bonds. The molecular weight excluding hydrogens is 362 g/mol. The van der Waals surface area contributed by atoms with E-state index in [1.807, 2.05) is 6.07 Å². The van der Waals surface area contributed by atoms with Crippen molar-refractivity contribution in [1.82, 2.24) is 4.98 Å². The average Bonchev–Trinajstić information content (AvgIpc) is 2.61. The molecular formula is C17H18ClN3O3S. The summed E-state index contributed by atoms with van der Waals surface area (Å²) >= 11 is 7.30. The number of hydrogen-bond donors (Lipinski definition) is 1. The average molecular weight is 380 g/mol. The van der Waals surface area contributed by atoms with Gasteiger partial charge in [0.15, 0.2) is 0 Å². The van der Waals surface area contributed by atoms with Crippen molar-refractivity contribution in [2.75, 3.05) is 24.3 Å². The van der Waals surface area contributed by atoms with E-state index < -0.39 is 5.91 Å². The molecule has 25 heavy (non-hydrogen) atoms. The molecule has 0 aliphatic heterocycles. The first-order valence-corrected chi connectivity index (χ1v) is 8.84. The minimum Gasteiger partial charge on any atom is -0.495 e. The lowest BCUT2D eigenvalue weighted by Gasteiger charge is -2.24. The predicted molar refractivity (Wildman–Crippen MR) is 99.1 cm³/mol. The molecule has 2 aromatic rings. The van der Waals surface area contributed by atoms with Crippen LogP contribution in [0.25, 0.3) is 0 Å². The van der Waals surface area contributed by atoms with Crippen LogP contribution in [-0.4, -0.2) is 36.2 Å². The van der Waals surface area contributed by atoms with Crippen molar-refractivity contribution in [3.05, 3.63) is 47.6 Å². The van der Waals surface area contributed by atoms with Crippen molar-refractivity contribution < 1.29 is 14.3 Å². The maximum absolute atomic E-state index is 12.7.